The lowest BCUT2D eigenvalue weighted by atomic mass is 9.99. The molecular weight excluding hydrogens is 323 g/mol. The Labute approximate surface area is 137 Å². The van der Waals surface area contributed by atoms with Crippen LogP contribution in [0.5, 0.6) is 0 Å². The molecule has 23 heavy (non-hydrogen) atoms. The molecule has 3 rings (SSSR count). The Morgan fingerprint density at radius 3 is 2.65 bits per heavy atom. The van der Waals surface area contributed by atoms with Gasteiger partial charge >= 0.3 is 6.03 Å². The maximum atomic E-state index is 13.1. The van der Waals surface area contributed by atoms with Gasteiger partial charge in [0.1, 0.15) is 17.3 Å². The third kappa shape index (κ3) is 2.59. The van der Waals surface area contributed by atoms with Crippen LogP contribution in [0.4, 0.5) is 9.18 Å². The summed E-state index contributed by atoms with van der Waals surface area (Å²) in [6, 6.07) is 6.65. The number of rotatable bonds is 3. The molecule has 0 radical (unpaired) electrons. The molecule has 0 spiro atoms. The van der Waals surface area contributed by atoms with Crippen molar-refractivity contribution in [2.24, 2.45) is 0 Å². The Morgan fingerprint density at radius 2 is 2.04 bits per heavy atom. The third-order valence-electron chi connectivity index (χ3n) is 3.85. The summed E-state index contributed by atoms with van der Waals surface area (Å²) in [6.07, 6.45) is 0. The van der Waals surface area contributed by atoms with Crippen molar-refractivity contribution in [2.45, 2.75) is 25.9 Å². The summed E-state index contributed by atoms with van der Waals surface area (Å²) in [4.78, 5) is 25.9. The number of imide groups is 1. The fourth-order valence-corrected chi connectivity index (χ4v) is 2.76. The molecule has 1 fully saturated rings. The molecule has 1 atom stereocenters. The van der Waals surface area contributed by atoms with Crippen molar-refractivity contribution < 1.29 is 18.4 Å². The molecule has 1 aliphatic heterocycles. The van der Waals surface area contributed by atoms with Gasteiger partial charge in [0.05, 0.1) is 6.54 Å². The van der Waals surface area contributed by atoms with Crippen molar-refractivity contribution in [3.8, 4) is 0 Å². The maximum absolute atomic E-state index is 13.1. The number of hydrogen-bond acceptors (Lipinski definition) is 3. The first-order valence-corrected chi connectivity index (χ1v) is 7.34. The second-order valence-electron chi connectivity index (χ2n) is 5.59. The molecule has 2 aromatic rings. The smallest absolute Gasteiger partial charge is 0.325 e. The molecule has 1 aliphatic rings. The topological polar surface area (TPSA) is 62.6 Å². The molecule has 7 heteroatoms. The Morgan fingerprint density at radius 1 is 1.30 bits per heavy atom. The van der Waals surface area contributed by atoms with Gasteiger partial charge in [-0.1, -0.05) is 17.7 Å². The molecule has 0 aliphatic carbocycles. The number of hydrogen-bond donors (Lipinski definition) is 1. The van der Waals surface area contributed by atoms with E-state index in [0.29, 0.717) is 17.1 Å². The molecule has 0 bridgehead atoms. The number of benzene rings is 1. The standard InChI is InChI=1S/C16H14ClFN2O3/c1-9-3-6-13(23-9)16(2)14(21)20(15(22)19-16)8-10-4-5-11(18)7-12(10)17/h3-7H,8H2,1-2H3,(H,19,22)/t16-/m1/s1. The van der Waals surface area contributed by atoms with Crippen LogP contribution < -0.4 is 5.32 Å². The van der Waals surface area contributed by atoms with Gasteiger partial charge in [-0.2, -0.15) is 0 Å². The lowest BCUT2D eigenvalue weighted by molar-refractivity contribution is -0.132. The zero-order chi connectivity index (χ0) is 16.8. The van der Waals surface area contributed by atoms with E-state index in [-0.39, 0.29) is 11.6 Å². The van der Waals surface area contributed by atoms with Crippen LogP contribution in [-0.4, -0.2) is 16.8 Å². The highest BCUT2D eigenvalue weighted by molar-refractivity contribution is 6.31. The lowest BCUT2D eigenvalue weighted by Gasteiger charge is -2.19. The fraction of sp³-hybridized carbons (Fsp3) is 0.250. The molecule has 120 valence electrons. The van der Waals surface area contributed by atoms with Crippen LogP contribution in [0.15, 0.2) is 34.7 Å². The quantitative estimate of drug-likeness (QED) is 0.874. The monoisotopic (exact) mass is 336 g/mol. The largest absolute Gasteiger partial charge is 0.463 e. The van der Waals surface area contributed by atoms with Crippen molar-refractivity contribution >= 4 is 23.5 Å². The van der Waals surface area contributed by atoms with Crippen molar-refractivity contribution in [1.82, 2.24) is 10.2 Å². The second-order valence-corrected chi connectivity index (χ2v) is 6.00. The zero-order valence-electron chi connectivity index (χ0n) is 12.5. The minimum Gasteiger partial charge on any atom is -0.463 e. The summed E-state index contributed by atoms with van der Waals surface area (Å²) < 4.78 is 18.6. The van der Waals surface area contributed by atoms with Gasteiger partial charge in [0.2, 0.25) is 0 Å². The molecule has 5 nitrogen and oxygen atoms in total. The Bertz CT molecular complexity index is 804. The molecule has 1 aromatic heterocycles. The fourth-order valence-electron chi connectivity index (χ4n) is 2.53. The van der Waals surface area contributed by atoms with Crippen LogP contribution in [-0.2, 0) is 16.9 Å². The summed E-state index contributed by atoms with van der Waals surface area (Å²) >= 11 is 5.97. The van der Waals surface area contributed by atoms with E-state index < -0.39 is 23.3 Å². The van der Waals surface area contributed by atoms with E-state index >= 15 is 0 Å². The predicted molar refractivity (Wildman–Crippen MR) is 81.3 cm³/mol. The van der Waals surface area contributed by atoms with E-state index in [9.17, 15) is 14.0 Å². The van der Waals surface area contributed by atoms with Gasteiger partial charge in [0.25, 0.3) is 5.91 Å². The van der Waals surface area contributed by atoms with Crippen molar-refractivity contribution in [1.29, 1.82) is 0 Å². The number of nitrogens with zero attached hydrogens (tertiary/aromatic N) is 1. The van der Waals surface area contributed by atoms with Crippen LogP contribution in [0.25, 0.3) is 0 Å². The van der Waals surface area contributed by atoms with Gasteiger partial charge in [0, 0.05) is 5.02 Å². The summed E-state index contributed by atoms with van der Waals surface area (Å²) in [6.45, 7) is 3.29. The Balaban J connectivity index is 1.90. The highest BCUT2D eigenvalue weighted by Gasteiger charge is 2.51. The van der Waals surface area contributed by atoms with E-state index in [1.54, 1.807) is 26.0 Å². The normalized spacial score (nSPS) is 21.0. The van der Waals surface area contributed by atoms with Gasteiger partial charge in [-0.05, 0) is 43.7 Å². The molecule has 1 aromatic carbocycles. The predicted octanol–water partition coefficient (Wildman–Crippen LogP) is 3.35. The number of aryl methyl sites for hydroxylation is 1. The Kier molecular flexibility index (Phi) is 3.64. The van der Waals surface area contributed by atoms with E-state index in [4.69, 9.17) is 16.0 Å². The summed E-state index contributed by atoms with van der Waals surface area (Å²) in [7, 11) is 0. The van der Waals surface area contributed by atoms with Crippen LogP contribution in [0, 0.1) is 12.7 Å². The highest BCUT2D eigenvalue weighted by Crippen LogP contribution is 2.31. The van der Waals surface area contributed by atoms with Crippen LogP contribution in [0.1, 0.15) is 24.0 Å². The second kappa shape index (κ2) is 5.38. The number of carbonyl (C=O) groups excluding carboxylic acids is 2. The van der Waals surface area contributed by atoms with Gasteiger partial charge < -0.3 is 9.73 Å². The molecule has 1 saturated heterocycles. The number of amides is 3. The number of urea groups is 1. The zero-order valence-corrected chi connectivity index (χ0v) is 13.3. The van der Waals surface area contributed by atoms with Crippen LogP contribution in [0.2, 0.25) is 5.02 Å². The number of carbonyl (C=O) groups is 2. The lowest BCUT2D eigenvalue weighted by Crippen LogP contribution is -2.40. The van der Waals surface area contributed by atoms with Crippen molar-refractivity contribution in [3.05, 3.63) is 58.3 Å². The molecule has 2 heterocycles. The number of halogens is 2. The molecule has 0 saturated carbocycles. The van der Waals surface area contributed by atoms with Crippen LogP contribution >= 0.6 is 11.6 Å². The van der Waals surface area contributed by atoms with Gasteiger partial charge in [0.15, 0.2) is 5.54 Å². The average Bonchev–Trinajstić information content (AvgIpc) is 3.00. The first kappa shape index (κ1) is 15.6. The van der Waals surface area contributed by atoms with Crippen LogP contribution in [0.3, 0.4) is 0 Å². The average molecular weight is 337 g/mol. The minimum absolute atomic E-state index is 0.0426. The Hall–Kier alpha value is -2.34. The number of nitrogens with one attached hydrogen (secondary N) is 1. The minimum atomic E-state index is -1.27. The highest BCUT2D eigenvalue weighted by atomic mass is 35.5. The maximum Gasteiger partial charge on any atom is 0.325 e. The summed E-state index contributed by atoms with van der Waals surface area (Å²) in [5.74, 6) is 0.0773. The summed E-state index contributed by atoms with van der Waals surface area (Å²) in [5, 5.41) is 2.80. The van der Waals surface area contributed by atoms with Gasteiger partial charge in [-0.25, -0.2) is 9.18 Å². The van der Waals surface area contributed by atoms with E-state index in [0.717, 1.165) is 11.0 Å². The first-order valence-electron chi connectivity index (χ1n) is 6.96. The molecular formula is C16H14ClFN2O3. The van der Waals surface area contributed by atoms with Crippen molar-refractivity contribution in [3.63, 3.8) is 0 Å². The van der Waals surface area contributed by atoms with Gasteiger partial charge in [-0.3, -0.25) is 9.69 Å². The van der Waals surface area contributed by atoms with Gasteiger partial charge in [-0.15, -0.1) is 0 Å². The van der Waals surface area contributed by atoms with Crippen molar-refractivity contribution in [2.75, 3.05) is 0 Å². The van der Waals surface area contributed by atoms with E-state index in [1.807, 2.05) is 0 Å². The first-order chi connectivity index (χ1) is 10.8. The van der Waals surface area contributed by atoms with E-state index in [2.05, 4.69) is 5.32 Å². The molecule has 3 amide bonds. The molecule has 0 unspecified atom stereocenters. The number of furan rings is 1. The SMILES string of the molecule is Cc1ccc([C@@]2(C)NC(=O)N(Cc3ccc(F)cc3Cl)C2=O)o1. The van der Waals surface area contributed by atoms with E-state index in [1.165, 1.54) is 12.1 Å². The molecule has 1 N–H and O–H groups in total. The third-order valence-corrected chi connectivity index (χ3v) is 4.20. The summed E-state index contributed by atoms with van der Waals surface area (Å²) in [5.41, 5.74) is -0.783.